The standard InChI is InChI=1S/C13H16N4O3/c1-8-6-9(2)17-12(16-8)10(7-15-17)13(20)14-5-3-4-11(18)19/h6-7H,3-5H2,1-2H3,(H,14,20)(H,18,19). The van der Waals surface area contributed by atoms with Crippen LogP contribution in [0.1, 0.15) is 34.6 Å². The lowest BCUT2D eigenvalue weighted by Crippen LogP contribution is -2.25. The first-order valence-electron chi connectivity index (χ1n) is 6.31. The average molecular weight is 276 g/mol. The molecule has 2 aromatic rings. The van der Waals surface area contributed by atoms with E-state index in [9.17, 15) is 9.59 Å². The molecule has 7 heteroatoms. The number of carboxylic acids is 1. The van der Waals surface area contributed by atoms with E-state index in [1.807, 2.05) is 19.9 Å². The minimum absolute atomic E-state index is 0.0332. The highest BCUT2D eigenvalue weighted by Gasteiger charge is 2.15. The Bertz CT molecular complexity index is 663. The van der Waals surface area contributed by atoms with E-state index in [1.165, 1.54) is 6.20 Å². The van der Waals surface area contributed by atoms with E-state index >= 15 is 0 Å². The number of hydrogen-bond donors (Lipinski definition) is 2. The summed E-state index contributed by atoms with van der Waals surface area (Å²) in [6.45, 7) is 4.06. The molecule has 0 fully saturated rings. The molecule has 1 amide bonds. The summed E-state index contributed by atoms with van der Waals surface area (Å²) in [5.41, 5.74) is 2.62. The molecule has 0 aromatic carbocycles. The van der Waals surface area contributed by atoms with Crippen molar-refractivity contribution < 1.29 is 14.7 Å². The largest absolute Gasteiger partial charge is 0.481 e. The van der Waals surface area contributed by atoms with E-state index in [-0.39, 0.29) is 12.3 Å². The second-order valence-electron chi connectivity index (χ2n) is 4.59. The summed E-state index contributed by atoms with van der Waals surface area (Å²) in [5.74, 6) is -1.16. The predicted octanol–water partition coefficient (Wildman–Crippen LogP) is 0.941. The van der Waals surface area contributed by atoms with Crippen molar-refractivity contribution in [2.45, 2.75) is 26.7 Å². The molecule has 0 radical (unpaired) electrons. The van der Waals surface area contributed by atoms with E-state index < -0.39 is 5.97 Å². The van der Waals surface area contributed by atoms with Crippen LogP contribution in [0.5, 0.6) is 0 Å². The molecule has 0 aliphatic heterocycles. The number of carboxylic acid groups (broad SMARTS) is 1. The van der Waals surface area contributed by atoms with Gasteiger partial charge in [0.25, 0.3) is 5.91 Å². The average Bonchev–Trinajstić information content (AvgIpc) is 2.78. The molecule has 0 saturated heterocycles. The van der Waals surface area contributed by atoms with Gasteiger partial charge in [0.1, 0.15) is 5.56 Å². The van der Waals surface area contributed by atoms with Crippen LogP contribution in [-0.2, 0) is 4.79 Å². The van der Waals surface area contributed by atoms with Crippen molar-refractivity contribution in [1.29, 1.82) is 0 Å². The number of aliphatic carboxylic acids is 1. The van der Waals surface area contributed by atoms with Crippen molar-refractivity contribution in [2.24, 2.45) is 0 Å². The first-order valence-corrected chi connectivity index (χ1v) is 6.31. The zero-order valence-corrected chi connectivity index (χ0v) is 11.4. The summed E-state index contributed by atoms with van der Waals surface area (Å²) < 4.78 is 1.61. The van der Waals surface area contributed by atoms with Gasteiger partial charge in [0.2, 0.25) is 0 Å². The molecule has 0 aliphatic rings. The lowest BCUT2D eigenvalue weighted by Gasteiger charge is -2.04. The van der Waals surface area contributed by atoms with Crippen molar-refractivity contribution in [3.05, 3.63) is 29.2 Å². The monoisotopic (exact) mass is 276 g/mol. The maximum absolute atomic E-state index is 12.0. The van der Waals surface area contributed by atoms with Gasteiger partial charge in [-0.1, -0.05) is 0 Å². The number of nitrogens with zero attached hydrogens (tertiary/aromatic N) is 3. The first-order chi connectivity index (χ1) is 9.49. The number of rotatable bonds is 5. The fourth-order valence-corrected chi connectivity index (χ4v) is 1.97. The smallest absolute Gasteiger partial charge is 0.303 e. The van der Waals surface area contributed by atoms with Crippen LogP contribution < -0.4 is 5.32 Å². The number of nitrogens with one attached hydrogen (secondary N) is 1. The third-order valence-electron chi connectivity index (χ3n) is 2.88. The van der Waals surface area contributed by atoms with Crippen LogP contribution in [0.15, 0.2) is 12.3 Å². The van der Waals surface area contributed by atoms with E-state index in [4.69, 9.17) is 5.11 Å². The highest BCUT2D eigenvalue weighted by atomic mass is 16.4. The normalized spacial score (nSPS) is 10.7. The summed E-state index contributed by atoms with van der Waals surface area (Å²) >= 11 is 0. The lowest BCUT2D eigenvalue weighted by molar-refractivity contribution is -0.137. The van der Waals surface area contributed by atoms with Gasteiger partial charge in [-0.15, -0.1) is 0 Å². The predicted molar refractivity (Wildman–Crippen MR) is 71.7 cm³/mol. The van der Waals surface area contributed by atoms with Crippen LogP contribution in [0.2, 0.25) is 0 Å². The fourth-order valence-electron chi connectivity index (χ4n) is 1.97. The molecule has 0 aliphatic carbocycles. The second kappa shape index (κ2) is 5.68. The Balaban J connectivity index is 2.12. The molecule has 0 saturated carbocycles. The third-order valence-corrected chi connectivity index (χ3v) is 2.88. The molecule has 0 unspecified atom stereocenters. The van der Waals surface area contributed by atoms with Crippen molar-refractivity contribution in [2.75, 3.05) is 6.54 Å². The minimum atomic E-state index is -0.872. The summed E-state index contributed by atoms with van der Waals surface area (Å²) in [5, 5.41) is 15.3. The zero-order valence-electron chi connectivity index (χ0n) is 11.4. The molecule has 7 nitrogen and oxygen atoms in total. The molecule has 0 atom stereocenters. The summed E-state index contributed by atoms with van der Waals surface area (Å²) in [7, 11) is 0. The quantitative estimate of drug-likeness (QED) is 0.792. The van der Waals surface area contributed by atoms with E-state index in [0.717, 1.165) is 11.4 Å². The zero-order chi connectivity index (χ0) is 14.7. The number of hydrogen-bond acceptors (Lipinski definition) is 4. The van der Waals surface area contributed by atoms with E-state index in [1.54, 1.807) is 4.52 Å². The van der Waals surface area contributed by atoms with Gasteiger partial charge in [0.15, 0.2) is 5.65 Å². The topological polar surface area (TPSA) is 96.6 Å². The number of fused-ring (bicyclic) bond motifs is 1. The molecule has 2 heterocycles. The molecule has 0 spiro atoms. The summed E-state index contributed by atoms with van der Waals surface area (Å²) in [4.78, 5) is 26.7. The van der Waals surface area contributed by atoms with Crippen LogP contribution in [0.25, 0.3) is 5.65 Å². The molecule has 20 heavy (non-hydrogen) atoms. The minimum Gasteiger partial charge on any atom is -0.481 e. The third kappa shape index (κ3) is 2.93. The second-order valence-corrected chi connectivity index (χ2v) is 4.59. The first kappa shape index (κ1) is 14.0. The van der Waals surface area contributed by atoms with Crippen molar-refractivity contribution in [3.8, 4) is 0 Å². The van der Waals surface area contributed by atoms with Crippen LogP contribution in [0.4, 0.5) is 0 Å². The van der Waals surface area contributed by atoms with Crippen LogP contribution in [0, 0.1) is 13.8 Å². The highest BCUT2D eigenvalue weighted by Crippen LogP contribution is 2.11. The van der Waals surface area contributed by atoms with Gasteiger partial charge in [-0.3, -0.25) is 9.59 Å². The molecular weight excluding hydrogens is 260 g/mol. The number of aryl methyl sites for hydroxylation is 2. The Morgan fingerprint density at radius 3 is 2.85 bits per heavy atom. The molecule has 2 aromatic heterocycles. The van der Waals surface area contributed by atoms with Crippen LogP contribution in [0.3, 0.4) is 0 Å². The Hall–Kier alpha value is -2.44. The molecule has 2 N–H and O–H groups in total. The van der Waals surface area contributed by atoms with Crippen LogP contribution in [-0.4, -0.2) is 38.1 Å². The Labute approximate surface area is 115 Å². The van der Waals surface area contributed by atoms with Gasteiger partial charge in [-0.25, -0.2) is 9.50 Å². The summed E-state index contributed by atoms with van der Waals surface area (Å²) in [6.07, 6.45) is 1.90. The van der Waals surface area contributed by atoms with E-state index in [2.05, 4.69) is 15.4 Å². The Morgan fingerprint density at radius 2 is 2.15 bits per heavy atom. The number of aromatic nitrogens is 3. The SMILES string of the molecule is Cc1cc(C)n2ncc(C(=O)NCCCC(=O)O)c2n1. The fraction of sp³-hybridized carbons (Fsp3) is 0.385. The maximum Gasteiger partial charge on any atom is 0.303 e. The van der Waals surface area contributed by atoms with Crippen LogP contribution >= 0.6 is 0 Å². The molecule has 2 rings (SSSR count). The van der Waals surface area contributed by atoms with Crippen molar-refractivity contribution in [1.82, 2.24) is 19.9 Å². The van der Waals surface area contributed by atoms with Gasteiger partial charge < -0.3 is 10.4 Å². The maximum atomic E-state index is 12.0. The van der Waals surface area contributed by atoms with Gasteiger partial charge in [0, 0.05) is 24.4 Å². The molecular formula is C13H16N4O3. The van der Waals surface area contributed by atoms with Crippen molar-refractivity contribution >= 4 is 17.5 Å². The lowest BCUT2D eigenvalue weighted by atomic mass is 10.2. The number of carbonyl (C=O) groups is 2. The Morgan fingerprint density at radius 1 is 1.40 bits per heavy atom. The number of carbonyl (C=O) groups excluding carboxylic acids is 1. The van der Waals surface area contributed by atoms with Crippen molar-refractivity contribution in [3.63, 3.8) is 0 Å². The molecule has 0 bridgehead atoms. The highest BCUT2D eigenvalue weighted by molar-refractivity contribution is 5.99. The van der Waals surface area contributed by atoms with Gasteiger partial charge in [-0.2, -0.15) is 5.10 Å². The van der Waals surface area contributed by atoms with Gasteiger partial charge >= 0.3 is 5.97 Å². The summed E-state index contributed by atoms with van der Waals surface area (Å²) in [6, 6.07) is 1.88. The number of amides is 1. The van der Waals surface area contributed by atoms with Gasteiger partial charge in [0.05, 0.1) is 6.20 Å². The van der Waals surface area contributed by atoms with E-state index in [0.29, 0.717) is 24.2 Å². The van der Waals surface area contributed by atoms with Gasteiger partial charge in [-0.05, 0) is 26.3 Å². The molecule has 106 valence electrons. The Kier molecular flexibility index (Phi) is 3.97.